The Morgan fingerprint density at radius 1 is 1.31 bits per heavy atom. The van der Waals surface area contributed by atoms with Crippen molar-refractivity contribution in [1.29, 1.82) is 0 Å². The molecule has 7 heteroatoms. The highest BCUT2D eigenvalue weighted by molar-refractivity contribution is 6.09. The minimum atomic E-state index is -1.29. The van der Waals surface area contributed by atoms with Crippen LogP contribution in [0.2, 0.25) is 0 Å². The fourth-order valence-electron chi connectivity index (χ4n) is 3.25. The van der Waals surface area contributed by atoms with Crippen LogP contribution < -0.4 is 5.32 Å². The number of nitrogens with zero attached hydrogens (tertiary/aromatic N) is 2. The van der Waals surface area contributed by atoms with Crippen LogP contribution in [0.25, 0.3) is 0 Å². The molecule has 0 aromatic heterocycles. The van der Waals surface area contributed by atoms with Gasteiger partial charge in [-0.3, -0.25) is 14.5 Å². The van der Waals surface area contributed by atoms with Gasteiger partial charge in [0, 0.05) is 13.1 Å². The van der Waals surface area contributed by atoms with Crippen molar-refractivity contribution < 1.29 is 18.8 Å². The average Bonchev–Trinajstić information content (AvgIpc) is 3.39. The Hall–Kier alpha value is -2.44. The van der Waals surface area contributed by atoms with Crippen molar-refractivity contribution in [1.82, 2.24) is 15.1 Å². The standard InChI is InChI=1S/C19H24FN3O3/c1-3-10-22(11-13-4-5-13)16(24)12-23-17(25)19(2,21-18(23)26)14-6-8-15(20)9-7-14/h6-9,13H,3-5,10-12H2,1-2H3,(H,21,26). The number of rotatable bonds is 7. The van der Waals surface area contributed by atoms with E-state index in [0.29, 0.717) is 24.6 Å². The smallest absolute Gasteiger partial charge is 0.325 e. The van der Waals surface area contributed by atoms with E-state index >= 15 is 0 Å². The largest absolute Gasteiger partial charge is 0.341 e. The lowest BCUT2D eigenvalue weighted by Gasteiger charge is -2.25. The van der Waals surface area contributed by atoms with Crippen molar-refractivity contribution in [2.45, 2.75) is 38.6 Å². The van der Waals surface area contributed by atoms with Crippen LogP contribution in [0.15, 0.2) is 24.3 Å². The molecule has 1 unspecified atom stereocenters. The van der Waals surface area contributed by atoms with Gasteiger partial charge in [0.2, 0.25) is 5.91 Å². The summed E-state index contributed by atoms with van der Waals surface area (Å²) in [7, 11) is 0. The Balaban J connectivity index is 1.73. The van der Waals surface area contributed by atoms with E-state index in [1.54, 1.807) is 11.8 Å². The van der Waals surface area contributed by atoms with Crippen molar-refractivity contribution >= 4 is 17.8 Å². The molecular formula is C19H24FN3O3. The average molecular weight is 361 g/mol. The van der Waals surface area contributed by atoms with Gasteiger partial charge >= 0.3 is 6.03 Å². The Morgan fingerprint density at radius 3 is 2.54 bits per heavy atom. The van der Waals surface area contributed by atoms with E-state index in [4.69, 9.17) is 0 Å². The summed E-state index contributed by atoms with van der Waals surface area (Å²) in [5.74, 6) is -0.592. The van der Waals surface area contributed by atoms with Crippen LogP contribution in [0.1, 0.15) is 38.7 Å². The summed E-state index contributed by atoms with van der Waals surface area (Å²) in [5, 5.41) is 2.64. The highest BCUT2D eigenvalue weighted by atomic mass is 19.1. The van der Waals surface area contributed by atoms with Crippen LogP contribution in [0, 0.1) is 11.7 Å². The number of amides is 4. The molecule has 6 nitrogen and oxygen atoms in total. The minimum Gasteiger partial charge on any atom is -0.341 e. The summed E-state index contributed by atoms with van der Waals surface area (Å²) in [5.41, 5.74) is -0.812. The van der Waals surface area contributed by atoms with Gasteiger partial charge in [0.15, 0.2) is 0 Å². The van der Waals surface area contributed by atoms with Gasteiger partial charge < -0.3 is 10.2 Å². The molecule has 2 fully saturated rings. The quantitative estimate of drug-likeness (QED) is 0.757. The second-order valence-corrected chi connectivity index (χ2v) is 7.24. The second kappa shape index (κ2) is 7.05. The number of carbonyl (C=O) groups excluding carboxylic acids is 3. The highest BCUT2D eigenvalue weighted by Crippen LogP contribution is 2.31. The van der Waals surface area contributed by atoms with Crippen LogP contribution >= 0.6 is 0 Å². The lowest BCUT2D eigenvalue weighted by molar-refractivity contribution is -0.139. The molecule has 1 heterocycles. The van der Waals surface area contributed by atoms with Crippen LogP contribution in [-0.2, 0) is 15.1 Å². The SMILES string of the molecule is CCCN(CC1CC1)C(=O)CN1C(=O)NC(C)(c2ccc(F)cc2)C1=O. The predicted octanol–water partition coefficient (Wildman–Crippen LogP) is 2.24. The van der Waals surface area contributed by atoms with Gasteiger partial charge in [-0.15, -0.1) is 0 Å². The van der Waals surface area contributed by atoms with Crippen molar-refractivity contribution in [2.24, 2.45) is 5.92 Å². The molecule has 0 spiro atoms. The molecule has 26 heavy (non-hydrogen) atoms. The fraction of sp³-hybridized carbons (Fsp3) is 0.526. The van der Waals surface area contributed by atoms with Crippen LogP contribution in [0.4, 0.5) is 9.18 Å². The zero-order chi connectivity index (χ0) is 18.9. The van der Waals surface area contributed by atoms with Gasteiger partial charge in [-0.05, 0) is 49.8 Å². The van der Waals surface area contributed by atoms with Crippen molar-refractivity contribution in [2.75, 3.05) is 19.6 Å². The summed E-state index contributed by atoms with van der Waals surface area (Å²) >= 11 is 0. The molecule has 1 aromatic rings. The third-order valence-corrected chi connectivity index (χ3v) is 5.01. The van der Waals surface area contributed by atoms with Gasteiger partial charge in [0.25, 0.3) is 5.91 Å². The number of hydrogen-bond acceptors (Lipinski definition) is 3. The number of nitrogens with one attached hydrogen (secondary N) is 1. The summed E-state index contributed by atoms with van der Waals surface area (Å²) in [4.78, 5) is 40.5. The molecule has 1 atom stereocenters. The van der Waals surface area contributed by atoms with Gasteiger partial charge in [-0.1, -0.05) is 19.1 Å². The molecule has 1 aromatic carbocycles. The molecular weight excluding hydrogens is 337 g/mol. The summed E-state index contributed by atoms with van der Waals surface area (Å²) in [6.45, 7) is 4.60. The van der Waals surface area contributed by atoms with E-state index < -0.39 is 23.3 Å². The van der Waals surface area contributed by atoms with Crippen molar-refractivity contribution in [3.8, 4) is 0 Å². The molecule has 1 saturated heterocycles. The van der Waals surface area contributed by atoms with E-state index in [2.05, 4.69) is 5.32 Å². The first-order valence-corrected chi connectivity index (χ1v) is 9.03. The normalized spacial score (nSPS) is 22.5. The van der Waals surface area contributed by atoms with E-state index in [9.17, 15) is 18.8 Å². The Kier molecular flexibility index (Phi) is 4.98. The van der Waals surface area contributed by atoms with Crippen LogP contribution in [-0.4, -0.2) is 47.3 Å². The Bertz CT molecular complexity index is 717. The monoisotopic (exact) mass is 361 g/mol. The molecule has 140 valence electrons. The molecule has 1 aliphatic carbocycles. The van der Waals surface area contributed by atoms with E-state index in [1.165, 1.54) is 24.3 Å². The third kappa shape index (κ3) is 3.57. The number of urea groups is 1. The van der Waals surface area contributed by atoms with Gasteiger partial charge in [0.1, 0.15) is 17.9 Å². The summed E-state index contributed by atoms with van der Waals surface area (Å²) in [6.07, 6.45) is 3.07. The molecule has 0 radical (unpaired) electrons. The first-order valence-electron chi connectivity index (χ1n) is 9.03. The topological polar surface area (TPSA) is 69.7 Å². The van der Waals surface area contributed by atoms with E-state index in [0.717, 1.165) is 24.2 Å². The van der Waals surface area contributed by atoms with Crippen molar-refractivity contribution in [3.63, 3.8) is 0 Å². The van der Waals surface area contributed by atoms with E-state index in [-0.39, 0.29) is 12.5 Å². The number of benzene rings is 1. The molecule has 1 saturated carbocycles. The maximum atomic E-state index is 13.2. The van der Waals surface area contributed by atoms with Crippen LogP contribution in [0.3, 0.4) is 0 Å². The maximum Gasteiger partial charge on any atom is 0.325 e. The molecule has 1 aliphatic heterocycles. The first-order chi connectivity index (χ1) is 12.3. The lowest BCUT2D eigenvalue weighted by Crippen LogP contribution is -2.45. The molecule has 2 aliphatic rings. The molecule has 4 amide bonds. The van der Waals surface area contributed by atoms with Gasteiger partial charge in [-0.25, -0.2) is 9.18 Å². The highest BCUT2D eigenvalue weighted by Gasteiger charge is 2.49. The maximum absolute atomic E-state index is 13.2. The number of hydrogen-bond donors (Lipinski definition) is 1. The second-order valence-electron chi connectivity index (χ2n) is 7.24. The zero-order valence-corrected chi connectivity index (χ0v) is 15.1. The fourth-order valence-corrected chi connectivity index (χ4v) is 3.25. The molecule has 3 rings (SSSR count). The van der Waals surface area contributed by atoms with Crippen LogP contribution in [0.5, 0.6) is 0 Å². The molecule has 1 N–H and O–H groups in total. The summed E-state index contributed by atoms with van der Waals surface area (Å²) < 4.78 is 13.2. The Morgan fingerprint density at radius 2 is 1.96 bits per heavy atom. The van der Waals surface area contributed by atoms with E-state index in [1.807, 2.05) is 6.92 Å². The van der Waals surface area contributed by atoms with Gasteiger partial charge in [0.05, 0.1) is 0 Å². The number of imide groups is 1. The molecule has 0 bridgehead atoms. The first kappa shape index (κ1) is 18.4. The number of carbonyl (C=O) groups is 3. The third-order valence-electron chi connectivity index (χ3n) is 5.01. The minimum absolute atomic E-state index is 0.217. The predicted molar refractivity (Wildman–Crippen MR) is 93.6 cm³/mol. The lowest BCUT2D eigenvalue weighted by atomic mass is 9.92. The van der Waals surface area contributed by atoms with Crippen molar-refractivity contribution in [3.05, 3.63) is 35.6 Å². The number of halogens is 1. The Labute approximate surface area is 152 Å². The van der Waals surface area contributed by atoms with Gasteiger partial charge in [-0.2, -0.15) is 0 Å². The summed E-state index contributed by atoms with van der Waals surface area (Å²) in [6, 6.07) is 4.82. The zero-order valence-electron chi connectivity index (χ0n) is 15.1.